The van der Waals surface area contributed by atoms with Gasteiger partial charge in [0.25, 0.3) is 5.56 Å². The number of aryl methyl sites for hydroxylation is 1. The lowest BCUT2D eigenvalue weighted by atomic mass is 9.88. The number of nitrogens with zero attached hydrogens (tertiary/aromatic N) is 4. The van der Waals surface area contributed by atoms with E-state index in [4.69, 9.17) is 4.98 Å². The third kappa shape index (κ3) is 3.22. The highest BCUT2D eigenvalue weighted by Gasteiger charge is 2.25. The third-order valence-corrected chi connectivity index (χ3v) is 6.23. The molecule has 0 aromatic carbocycles. The zero-order valence-corrected chi connectivity index (χ0v) is 16.1. The number of nitrogens with one attached hydrogen (secondary N) is 1. The van der Waals surface area contributed by atoms with Gasteiger partial charge in [-0.2, -0.15) is 0 Å². The Kier molecular flexibility index (Phi) is 4.69. The lowest BCUT2D eigenvalue weighted by Gasteiger charge is -2.28. The summed E-state index contributed by atoms with van der Waals surface area (Å²) in [5.74, 6) is 2.43. The Bertz CT molecular complexity index is 860. The Hall–Kier alpha value is -1.95. The lowest BCUT2D eigenvalue weighted by molar-refractivity contribution is 0.232. The van der Waals surface area contributed by atoms with Gasteiger partial charge in [-0.15, -0.1) is 0 Å². The van der Waals surface area contributed by atoms with E-state index in [1.165, 1.54) is 25.0 Å². The van der Waals surface area contributed by atoms with E-state index in [2.05, 4.69) is 33.4 Å². The summed E-state index contributed by atoms with van der Waals surface area (Å²) in [6.45, 7) is 6.50. The second-order valence-corrected chi connectivity index (χ2v) is 7.93. The van der Waals surface area contributed by atoms with Crippen LogP contribution in [0.15, 0.2) is 4.79 Å². The molecule has 1 N–H and O–H groups in total. The van der Waals surface area contributed by atoms with Crippen LogP contribution in [0, 0.1) is 13.8 Å². The van der Waals surface area contributed by atoms with Gasteiger partial charge in [0, 0.05) is 38.2 Å². The number of aromatic nitrogens is 4. The molecule has 1 aliphatic heterocycles. The molecule has 2 aromatic heterocycles. The zero-order chi connectivity index (χ0) is 18.3. The molecule has 1 fully saturated rings. The highest BCUT2D eigenvalue weighted by Crippen LogP contribution is 2.30. The average Bonchev–Trinajstić information content (AvgIpc) is 2.89. The van der Waals surface area contributed by atoms with Crippen LogP contribution in [0.5, 0.6) is 0 Å². The van der Waals surface area contributed by atoms with E-state index in [0.29, 0.717) is 12.5 Å². The van der Waals surface area contributed by atoms with Gasteiger partial charge >= 0.3 is 0 Å². The van der Waals surface area contributed by atoms with E-state index in [1.54, 1.807) is 0 Å². The monoisotopic (exact) mass is 355 g/mol. The molecule has 0 amide bonds. The molecule has 6 nitrogen and oxygen atoms in total. The molecule has 26 heavy (non-hydrogen) atoms. The maximum atomic E-state index is 12.7. The molecular weight excluding hydrogens is 326 g/mol. The van der Waals surface area contributed by atoms with Crippen LogP contribution in [0.25, 0.3) is 0 Å². The van der Waals surface area contributed by atoms with Crippen molar-refractivity contribution >= 4 is 0 Å². The van der Waals surface area contributed by atoms with Crippen molar-refractivity contribution in [1.29, 1.82) is 0 Å². The summed E-state index contributed by atoms with van der Waals surface area (Å²) in [4.78, 5) is 27.7. The van der Waals surface area contributed by atoms with Gasteiger partial charge in [-0.1, -0.05) is 19.3 Å². The largest absolute Gasteiger partial charge is 0.334 e. The summed E-state index contributed by atoms with van der Waals surface area (Å²) < 4.78 is 2.15. The molecule has 2 aromatic rings. The predicted molar refractivity (Wildman–Crippen MR) is 101 cm³/mol. The van der Waals surface area contributed by atoms with Gasteiger partial charge in [0.05, 0.1) is 23.5 Å². The van der Waals surface area contributed by atoms with Crippen LogP contribution in [0.3, 0.4) is 0 Å². The van der Waals surface area contributed by atoms with Gasteiger partial charge in [-0.25, -0.2) is 9.97 Å². The van der Waals surface area contributed by atoms with E-state index in [0.717, 1.165) is 61.0 Å². The fourth-order valence-corrected chi connectivity index (χ4v) is 4.33. The first-order valence-electron chi connectivity index (χ1n) is 9.86. The SMILES string of the molecule is Cc1nc(CN2CCc3nc(C4CCCCC4)[nH]c(=O)c3C2)n(C)c1C. The van der Waals surface area contributed by atoms with Gasteiger partial charge in [-0.05, 0) is 26.7 Å². The van der Waals surface area contributed by atoms with Gasteiger partial charge in [0.1, 0.15) is 11.6 Å². The molecule has 0 bridgehead atoms. The molecule has 0 spiro atoms. The van der Waals surface area contributed by atoms with Crippen molar-refractivity contribution in [3.63, 3.8) is 0 Å². The van der Waals surface area contributed by atoms with E-state index >= 15 is 0 Å². The van der Waals surface area contributed by atoms with E-state index in [9.17, 15) is 4.79 Å². The molecular formula is C20H29N5O. The molecule has 1 saturated carbocycles. The number of imidazole rings is 1. The third-order valence-electron chi connectivity index (χ3n) is 6.23. The molecule has 1 aliphatic carbocycles. The summed E-state index contributed by atoms with van der Waals surface area (Å²) in [5, 5.41) is 0. The summed E-state index contributed by atoms with van der Waals surface area (Å²) in [6.07, 6.45) is 6.98. The number of rotatable bonds is 3. The summed E-state index contributed by atoms with van der Waals surface area (Å²) in [6, 6.07) is 0. The second kappa shape index (κ2) is 6.99. The number of H-pyrrole nitrogens is 1. The molecule has 0 radical (unpaired) electrons. The zero-order valence-electron chi connectivity index (χ0n) is 16.1. The maximum Gasteiger partial charge on any atom is 0.255 e. The predicted octanol–water partition coefficient (Wildman–Crippen LogP) is 2.73. The van der Waals surface area contributed by atoms with Crippen LogP contribution in [0.1, 0.15) is 72.3 Å². The molecule has 4 rings (SSSR count). The van der Waals surface area contributed by atoms with Crippen molar-refractivity contribution in [1.82, 2.24) is 24.4 Å². The molecule has 0 saturated heterocycles. The molecule has 3 heterocycles. The summed E-state index contributed by atoms with van der Waals surface area (Å²) in [7, 11) is 2.06. The number of hydrogen-bond acceptors (Lipinski definition) is 4. The van der Waals surface area contributed by atoms with Crippen LogP contribution in [-0.4, -0.2) is 31.0 Å². The van der Waals surface area contributed by atoms with Crippen LogP contribution in [0.2, 0.25) is 0 Å². The Labute approximate surface area is 154 Å². The topological polar surface area (TPSA) is 66.8 Å². The molecule has 140 valence electrons. The first kappa shape index (κ1) is 17.5. The first-order valence-corrected chi connectivity index (χ1v) is 9.86. The van der Waals surface area contributed by atoms with Crippen LogP contribution >= 0.6 is 0 Å². The summed E-state index contributed by atoms with van der Waals surface area (Å²) in [5.41, 5.74) is 4.20. The van der Waals surface area contributed by atoms with Gasteiger partial charge < -0.3 is 9.55 Å². The van der Waals surface area contributed by atoms with Crippen LogP contribution in [0.4, 0.5) is 0 Å². The van der Waals surface area contributed by atoms with Crippen molar-refractivity contribution in [2.45, 2.75) is 71.4 Å². The molecule has 0 atom stereocenters. The van der Waals surface area contributed by atoms with E-state index in [1.807, 2.05) is 6.92 Å². The summed E-state index contributed by atoms with van der Waals surface area (Å²) >= 11 is 0. The van der Waals surface area contributed by atoms with E-state index in [-0.39, 0.29) is 5.56 Å². The second-order valence-electron chi connectivity index (χ2n) is 7.93. The van der Waals surface area contributed by atoms with Crippen molar-refractivity contribution in [2.75, 3.05) is 6.54 Å². The highest BCUT2D eigenvalue weighted by atomic mass is 16.1. The molecule has 2 aliphatic rings. The fraction of sp³-hybridized carbons (Fsp3) is 0.650. The normalized spacial score (nSPS) is 18.9. The Morgan fingerprint density at radius 2 is 1.92 bits per heavy atom. The van der Waals surface area contributed by atoms with Crippen molar-refractivity contribution in [3.05, 3.63) is 44.6 Å². The Morgan fingerprint density at radius 1 is 1.15 bits per heavy atom. The highest BCUT2D eigenvalue weighted by molar-refractivity contribution is 5.22. The molecule has 6 heteroatoms. The van der Waals surface area contributed by atoms with Gasteiger partial charge in [-0.3, -0.25) is 9.69 Å². The Balaban J connectivity index is 1.53. The standard InChI is InChI=1S/C20H29N5O/c1-13-14(2)24(3)18(21-13)12-25-10-9-17-16(11-25)20(26)23-19(22-17)15-7-5-4-6-8-15/h15H,4-12H2,1-3H3,(H,22,23,26). The first-order chi connectivity index (χ1) is 12.5. The minimum absolute atomic E-state index is 0.0625. The average molecular weight is 355 g/mol. The van der Waals surface area contributed by atoms with Crippen molar-refractivity contribution in [2.24, 2.45) is 7.05 Å². The number of fused-ring (bicyclic) bond motifs is 1. The van der Waals surface area contributed by atoms with Crippen molar-refractivity contribution in [3.8, 4) is 0 Å². The lowest BCUT2D eigenvalue weighted by Crippen LogP contribution is -2.36. The minimum Gasteiger partial charge on any atom is -0.334 e. The quantitative estimate of drug-likeness (QED) is 0.919. The molecule has 0 unspecified atom stereocenters. The number of aromatic amines is 1. The van der Waals surface area contributed by atoms with Gasteiger partial charge in [0.15, 0.2) is 0 Å². The van der Waals surface area contributed by atoms with Crippen molar-refractivity contribution < 1.29 is 0 Å². The Morgan fingerprint density at radius 3 is 2.62 bits per heavy atom. The van der Waals surface area contributed by atoms with E-state index < -0.39 is 0 Å². The maximum absolute atomic E-state index is 12.7. The van der Waals surface area contributed by atoms with Crippen LogP contribution in [-0.2, 0) is 26.6 Å². The smallest absolute Gasteiger partial charge is 0.255 e. The number of hydrogen-bond donors (Lipinski definition) is 1. The van der Waals surface area contributed by atoms with Gasteiger partial charge in [0.2, 0.25) is 0 Å². The van der Waals surface area contributed by atoms with Crippen LogP contribution < -0.4 is 5.56 Å². The fourth-order valence-electron chi connectivity index (χ4n) is 4.33. The minimum atomic E-state index is 0.0625.